The molecule has 0 saturated carbocycles. The Balaban J connectivity index is 1.61. The summed E-state index contributed by atoms with van der Waals surface area (Å²) in [5, 5.41) is 3.30. The zero-order valence-corrected chi connectivity index (χ0v) is 16.0. The third kappa shape index (κ3) is 5.53. The molecule has 0 saturated heterocycles. The van der Waals surface area contributed by atoms with Crippen LogP contribution in [0.1, 0.15) is 21.5 Å². The quantitative estimate of drug-likeness (QED) is 0.454. The van der Waals surface area contributed by atoms with E-state index in [0.29, 0.717) is 10.7 Å². The molecule has 1 N–H and O–H groups in total. The summed E-state index contributed by atoms with van der Waals surface area (Å²) in [5.74, 6) is 0.151. The number of halogens is 4. The summed E-state index contributed by atoms with van der Waals surface area (Å²) in [6.07, 6.45) is -4.49. The Morgan fingerprint density at radius 1 is 0.964 bits per heavy atom. The number of hydrogen-bond acceptors (Lipinski definition) is 2. The summed E-state index contributed by atoms with van der Waals surface area (Å²) < 4.78 is 38.3. The van der Waals surface area contributed by atoms with Gasteiger partial charge < -0.3 is 5.32 Å². The molecule has 0 heterocycles. The van der Waals surface area contributed by atoms with Gasteiger partial charge in [-0.2, -0.15) is 13.2 Å². The predicted molar refractivity (Wildman–Crippen MR) is 107 cm³/mol. The van der Waals surface area contributed by atoms with Crippen LogP contribution in [-0.4, -0.2) is 5.91 Å². The van der Waals surface area contributed by atoms with E-state index in [1.807, 2.05) is 36.4 Å². The third-order valence-electron chi connectivity index (χ3n) is 3.88. The minimum atomic E-state index is -4.49. The van der Waals surface area contributed by atoms with Gasteiger partial charge in [0.2, 0.25) is 0 Å². The number of carbonyl (C=O) groups is 1. The van der Waals surface area contributed by atoms with Crippen LogP contribution in [0.4, 0.5) is 18.9 Å². The Labute approximate surface area is 169 Å². The molecule has 0 unspecified atom stereocenters. The number of benzene rings is 3. The fraction of sp³-hybridized carbons (Fsp3) is 0.0952. The van der Waals surface area contributed by atoms with E-state index < -0.39 is 17.6 Å². The Bertz CT molecular complexity index is 957. The van der Waals surface area contributed by atoms with Crippen LogP contribution >= 0.6 is 23.4 Å². The molecule has 28 heavy (non-hydrogen) atoms. The van der Waals surface area contributed by atoms with Crippen LogP contribution in [0.5, 0.6) is 0 Å². The van der Waals surface area contributed by atoms with E-state index in [0.717, 1.165) is 28.3 Å². The molecule has 1 amide bonds. The van der Waals surface area contributed by atoms with Crippen molar-refractivity contribution in [3.8, 4) is 0 Å². The van der Waals surface area contributed by atoms with Gasteiger partial charge in [-0.1, -0.05) is 29.8 Å². The number of carbonyl (C=O) groups excluding carboxylic acids is 1. The van der Waals surface area contributed by atoms with Crippen molar-refractivity contribution in [2.75, 3.05) is 5.32 Å². The first-order valence-electron chi connectivity index (χ1n) is 8.27. The van der Waals surface area contributed by atoms with E-state index in [1.54, 1.807) is 23.9 Å². The first-order valence-corrected chi connectivity index (χ1v) is 9.63. The smallest absolute Gasteiger partial charge is 0.322 e. The lowest BCUT2D eigenvalue weighted by Crippen LogP contribution is -2.13. The zero-order valence-electron chi connectivity index (χ0n) is 14.5. The summed E-state index contributed by atoms with van der Waals surface area (Å²) in [7, 11) is 0. The van der Waals surface area contributed by atoms with Gasteiger partial charge in [0.1, 0.15) is 0 Å². The molecule has 144 valence electrons. The molecule has 0 aliphatic carbocycles. The second-order valence-electron chi connectivity index (χ2n) is 5.97. The van der Waals surface area contributed by atoms with Gasteiger partial charge in [0.05, 0.1) is 5.56 Å². The Morgan fingerprint density at radius 2 is 1.64 bits per heavy atom. The average Bonchev–Trinajstić information content (AvgIpc) is 2.68. The van der Waals surface area contributed by atoms with Crippen LogP contribution in [0.3, 0.4) is 0 Å². The molecule has 0 fully saturated rings. The zero-order chi connectivity index (χ0) is 20.1. The molecule has 7 heteroatoms. The van der Waals surface area contributed by atoms with Crippen LogP contribution in [-0.2, 0) is 11.9 Å². The highest BCUT2D eigenvalue weighted by Crippen LogP contribution is 2.30. The van der Waals surface area contributed by atoms with Crippen molar-refractivity contribution in [2.24, 2.45) is 0 Å². The van der Waals surface area contributed by atoms with Crippen molar-refractivity contribution in [3.63, 3.8) is 0 Å². The van der Waals surface area contributed by atoms with Crippen LogP contribution in [0.15, 0.2) is 77.7 Å². The first kappa shape index (κ1) is 20.3. The van der Waals surface area contributed by atoms with Crippen LogP contribution in [0.2, 0.25) is 5.02 Å². The summed E-state index contributed by atoms with van der Waals surface area (Å²) in [5.41, 5.74) is 0.673. The van der Waals surface area contributed by atoms with E-state index in [1.165, 1.54) is 12.1 Å². The summed E-state index contributed by atoms with van der Waals surface area (Å²) in [4.78, 5) is 13.3. The number of anilines is 1. The fourth-order valence-electron chi connectivity index (χ4n) is 2.42. The standard InChI is InChI=1S/C21H15ClF3NOS/c22-17-6-10-19(11-7-17)28-13-14-4-8-18(9-5-14)26-20(27)15-2-1-3-16(12-15)21(23,24)25/h1-12H,13H2,(H,26,27). The largest absolute Gasteiger partial charge is 0.416 e. The topological polar surface area (TPSA) is 29.1 Å². The average molecular weight is 422 g/mol. The van der Waals surface area contributed by atoms with E-state index >= 15 is 0 Å². The summed E-state index contributed by atoms with van der Waals surface area (Å²) >= 11 is 7.51. The van der Waals surface area contributed by atoms with E-state index in [-0.39, 0.29) is 5.56 Å². The minimum absolute atomic E-state index is 0.0443. The van der Waals surface area contributed by atoms with Crippen molar-refractivity contribution < 1.29 is 18.0 Å². The maximum Gasteiger partial charge on any atom is 0.416 e. The van der Waals surface area contributed by atoms with Crippen molar-refractivity contribution in [2.45, 2.75) is 16.8 Å². The SMILES string of the molecule is O=C(Nc1ccc(CSc2ccc(Cl)cc2)cc1)c1cccc(C(F)(F)F)c1. The lowest BCUT2D eigenvalue weighted by Gasteiger charge is -2.10. The number of thioether (sulfide) groups is 1. The molecule has 0 spiro atoms. The molecule has 0 atom stereocenters. The predicted octanol–water partition coefficient (Wildman–Crippen LogP) is 6.90. The maximum atomic E-state index is 12.8. The van der Waals surface area contributed by atoms with E-state index in [2.05, 4.69) is 5.32 Å². The number of alkyl halides is 3. The van der Waals surface area contributed by atoms with Gasteiger partial charge in [-0.05, 0) is 60.2 Å². The molecule has 0 aliphatic rings. The van der Waals surface area contributed by atoms with Gasteiger partial charge in [0.15, 0.2) is 0 Å². The molecular weight excluding hydrogens is 407 g/mol. The Hall–Kier alpha value is -2.44. The highest BCUT2D eigenvalue weighted by Gasteiger charge is 2.30. The summed E-state index contributed by atoms with van der Waals surface area (Å²) in [6, 6.07) is 19.1. The molecule has 0 aliphatic heterocycles. The minimum Gasteiger partial charge on any atom is -0.322 e. The molecule has 0 aromatic heterocycles. The number of nitrogens with one attached hydrogen (secondary N) is 1. The van der Waals surface area contributed by atoms with E-state index in [4.69, 9.17) is 11.6 Å². The number of rotatable bonds is 5. The van der Waals surface area contributed by atoms with Crippen molar-refractivity contribution in [3.05, 3.63) is 94.5 Å². The normalized spacial score (nSPS) is 11.3. The maximum absolute atomic E-state index is 12.8. The second kappa shape index (κ2) is 8.71. The molecule has 3 rings (SSSR count). The molecule has 3 aromatic rings. The second-order valence-corrected chi connectivity index (χ2v) is 7.46. The molecule has 2 nitrogen and oxygen atoms in total. The molecular formula is C21H15ClF3NOS. The Morgan fingerprint density at radius 3 is 2.29 bits per heavy atom. The van der Waals surface area contributed by atoms with Crippen molar-refractivity contribution >= 4 is 35.0 Å². The molecule has 3 aromatic carbocycles. The lowest BCUT2D eigenvalue weighted by molar-refractivity contribution is -0.137. The number of hydrogen-bond donors (Lipinski definition) is 1. The summed E-state index contributed by atoms with van der Waals surface area (Å²) in [6.45, 7) is 0. The van der Waals surface area contributed by atoms with Gasteiger partial charge in [0.25, 0.3) is 5.91 Å². The highest BCUT2D eigenvalue weighted by molar-refractivity contribution is 7.98. The monoisotopic (exact) mass is 421 g/mol. The highest BCUT2D eigenvalue weighted by atomic mass is 35.5. The third-order valence-corrected chi connectivity index (χ3v) is 5.22. The lowest BCUT2D eigenvalue weighted by atomic mass is 10.1. The van der Waals surface area contributed by atoms with E-state index in [9.17, 15) is 18.0 Å². The van der Waals surface area contributed by atoms with Crippen LogP contribution in [0, 0.1) is 0 Å². The Kier molecular flexibility index (Phi) is 6.31. The van der Waals surface area contributed by atoms with Gasteiger partial charge in [-0.25, -0.2) is 0 Å². The molecule has 0 radical (unpaired) electrons. The van der Waals surface area contributed by atoms with Crippen molar-refractivity contribution in [1.29, 1.82) is 0 Å². The van der Waals surface area contributed by atoms with Gasteiger partial charge in [-0.15, -0.1) is 11.8 Å². The fourth-order valence-corrected chi connectivity index (χ4v) is 3.40. The number of amides is 1. The van der Waals surface area contributed by atoms with Gasteiger partial charge in [0, 0.05) is 26.9 Å². The molecule has 0 bridgehead atoms. The van der Waals surface area contributed by atoms with Crippen LogP contribution < -0.4 is 5.32 Å². The van der Waals surface area contributed by atoms with Crippen molar-refractivity contribution in [1.82, 2.24) is 0 Å². The van der Waals surface area contributed by atoms with Gasteiger partial charge in [-0.3, -0.25) is 4.79 Å². The first-order chi connectivity index (χ1) is 13.3. The van der Waals surface area contributed by atoms with Crippen LogP contribution in [0.25, 0.3) is 0 Å². The van der Waals surface area contributed by atoms with Gasteiger partial charge >= 0.3 is 6.18 Å².